The van der Waals surface area contributed by atoms with E-state index in [9.17, 15) is 14.7 Å². The van der Waals surface area contributed by atoms with E-state index in [0.717, 1.165) is 13.0 Å². The van der Waals surface area contributed by atoms with Gasteiger partial charge in [0.15, 0.2) is 5.78 Å². The van der Waals surface area contributed by atoms with Crippen LogP contribution in [-0.2, 0) is 4.79 Å². The highest BCUT2D eigenvalue weighted by Gasteiger charge is 2.29. The first-order chi connectivity index (χ1) is 11.5. The molecule has 0 spiro atoms. The number of rotatable bonds is 4. The van der Waals surface area contributed by atoms with Crippen molar-refractivity contribution in [1.82, 2.24) is 10.2 Å². The van der Waals surface area contributed by atoms with Crippen molar-refractivity contribution in [2.75, 3.05) is 25.1 Å². The zero-order valence-corrected chi connectivity index (χ0v) is 15.4. The number of Topliss-reactive ketones (excluding diaryl/α,β-unsaturated/α-hetero) is 1. The molecule has 6 nitrogen and oxygen atoms in total. The van der Waals surface area contributed by atoms with Crippen LogP contribution in [0.2, 0.25) is 5.02 Å². The smallest absolute Gasteiger partial charge is 0.257 e. The lowest BCUT2D eigenvalue weighted by atomic mass is 9.96. The summed E-state index contributed by atoms with van der Waals surface area (Å²) in [6.45, 7) is 1.09. The van der Waals surface area contributed by atoms with Crippen molar-refractivity contribution in [2.24, 2.45) is 0 Å². The average Bonchev–Trinajstić information content (AvgIpc) is 2.54. The number of halogens is 2. The van der Waals surface area contributed by atoms with E-state index >= 15 is 0 Å². The monoisotopic (exact) mass is 415 g/mol. The number of aliphatic hydroxyl groups excluding tert-OH is 1. The summed E-state index contributed by atoms with van der Waals surface area (Å²) in [6, 6.07) is 3.13. The molecule has 24 heavy (non-hydrogen) atoms. The van der Waals surface area contributed by atoms with Gasteiger partial charge < -0.3 is 20.6 Å². The Morgan fingerprint density at radius 2 is 2.25 bits per heavy atom. The van der Waals surface area contributed by atoms with Gasteiger partial charge in [-0.2, -0.15) is 0 Å². The molecule has 0 aromatic heterocycles. The van der Waals surface area contributed by atoms with E-state index in [0.29, 0.717) is 27.2 Å². The van der Waals surface area contributed by atoms with Gasteiger partial charge in [0.25, 0.3) is 5.91 Å². The maximum atomic E-state index is 12.6. The number of aliphatic hydroxyl groups is 1. The molecule has 2 heterocycles. The molecule has 3 rings (SSSR count). The van der Waals surface area contributed by atoms with Crippen LogP contribution in [0.4, 0.5) is 5.69 Å². The molecule has 1 fully saturated rings. The topological polar surface area (TPSA) is 81.7 Å². The van der Waals surface area contributed by atoms with Gasteiger partial charge in [0.05, 0.1) is 29.9 Å². The molecule has 0 bridgehead atoms. The van der Waals surface area contributed by atoms with E-state index in [1.807, 2.05) is 0 Å². The summed E-state index contributed by atoms with van der Waals surface area (Å²) in [4.78, 5) is 26.3. The first kappa shape index (κ1) is 17.7. The van der Waals surface area contributed by atoms with Crippen molar-refractivity contribution in [3.63, 3.8) is 0 Å². The highest BCUT2D eigenvalue weighted by atomic mass is 79.9. The fourth-order valence-electron chi connectivity index (χ4n) is 3.09. The third kappa shape index (κ3) is 3.74. The van der Waals surface area contributed by atoms with Gasteiger partial charge >= 0.3 is 0 Å². The third-order valence-corrected chi connectivity index (χ3v) is 5.60. The number of carbonyl (C=O) groups is 2. The highest BCUT2D eigenvalue weighted by molar-refractivity contribution is 9.10. The minimum atomic E-state index is -0.505. The quantitative estimate of drug-likeness (QED) is 0.699. The SMILES string of the molecule is O=C(C[C@H]1NCCCC1O)CN1CNc2cc(Br)c(Cl)cc2C1=O. The lowest BCUT2D eigenvalue weighted by Crippen LogP contribution is -2.48. The van der Waals surface area contributed by atoms with Crippen molar-refractivity contribution < 1.29 is 14.7 Å². The fourth-order valence-corrected chi connectivity index (χ4v) is 3.59. The molecular formula is C16H19BrClN3O3. The first-order valence-electron chi connectivity index (χ1n) is 7.91. The molecular weight excluding hydrogens is 398 g/mol. The molecule has 130 valence electrons. The molecule has 1 saturated heterocycles. The molecule has 1 aromatic rings. The lowest BCUT2D eigenvalue weighted by molar-refractivity contribution is -0.121. The standard InChI is InChI=1S/C16H19BrClN3O3/c17-11-6-13-10(5-12(11)18)16(24)21(8-20-13)7-9(22)4-14-15(23)2-1-3-19-14/h5-6,14-15,19-20,23H,1-4,7-8H2/t14-,15?/m1/s1. The van der Waals surface area contributed by atoms with Crippen LogP contribution >= 0.6 is 27.5 Å². The number of benzene rings is 1. The average molecular weight is 417 g/mol. The number of nitrogens with one attached hydrogen (secondary N) is 2. The fraction of sp³-hybridized carbons (Fsp3) is 0.500. The minimum absolute atomic E-state index is 0.0177. The lowest BCUT2D eigenvalue weighted by Gasteiger charge is -2.31. The Kier molecular flexibility index (Phi) is 5.44. The molecule has 2 atom stereocenters. The second kappa shape index (κ2) is 7.39. The third-order valence-electron chi connectivity index (χ3n) is 4.40. The summed E-state index contributed by atoms with van der Waals surface area (Å²) >= 11 is 9.39. The number of nitrogens with zero attached hydrogens (tertiary/aromatic N) is 1. The second-order valence-corrected chi connectivity index (χ2v) is 7.42. The number of amides is 1. The number of hydrogen-bond acceptors (Lipinski definition) is 5. The van der Waals surface area contributed by atoms with Crippen molar-refractivity contribution in [1.29, 1.82) is 0 Å². The predicted octanol–water partition coefficient (Wildman–Crippen LogP) is 2.00. The summed E-state index contributed by atoms with van der Waals surface area (Å²) in [7, 11) is 0. The van der Waals surface area contributed by atoms with Crippen LogP contribution in [0, 0.1) is 0 Å². The highest BCUT2D eigenvalue weighted by Crippen LogP contribution is 2.32. The number of piperidine rings is 1. The Bertz CT molecular complexity index is 670. The Morgan fingerprint density at radius 3 is 3.00 bits per heavy atom. The summed E-state index contributed by atoms with van der Waals surface area (Å²) < 4.78 is 0.713. The Hall–Kier alpha value is -1.15. The molecule has 1 aromatic carbocycles. The van der Waals surface area contributed by atoms with E-state index in [2.05, 4.69) is 26.6 Å². The maximum absolute atomic E-state index is 12.6. The van der Waals surface area contributed by atoms with Crippen LogP contribution in [0.15, 0.2) is 16.6 Å². The zero-order valence-electron chi connectivity index (χ0n) is 13.0. The summed E-state index contributed by atoms with van der Waals surface area (Å²) in [5.74, 6) is -0.293. The van der Waals surface area contributed by atoms with E-state index < -0.39 is 6.10 Å². The van der Waals surface area contributed by atoms with E-state index in [-0.39, 0.29) is 37.4 Å². The van der Waals surface area contributed by atoms with Crippen molar-refractivity contribution in [2.45, 2.75) is 31.4 Å². The van der Waals surface area contributed by atoms with Crippen molar-refractivity contribution in [3.05, 3.63) is 27.2 Å². The van der Waals surface area contributed by atoms with Crippen molar-refractivity contribution in [3.8, 4) is 0 Å². The van der Waals surface area contributed by atoms with Gasteiger partial charge in [0.1, 0.15) is 0 Å². The Labute approximate surface area is 153 Å². The van der Waals surface area contributed by atoms with E-state index in [1.165, 1.54) is 4.90 Å². The Morgan fingerprint density at radius 1 is 1.46 bits per heavy atom. The molecule has 3 N–H and O–H groups in total. The van der Waals surface area contributed by atoms with Crippen molar-refractivity contribution >= 4 is 44.9 Å². The maximum Gasteiger partial charge on any atom is 0.257 e. The molecule has 8 heteroatoms. The van der Waals surface area contributed by atoms with Crippen LogP contribution in [0.3, 0.4) is 0 Å². The van der Waals surface area contributed by atoms with Gasteiger partial charge in [-0.3, -0.25) is 9.59 Å². The summed E-state index contributed by atoms with van der Waals surface area (Å²) in [6.07, 6.45) is 1.33. The van der Waals surface area contributed by atoms with Gasteiger partial charge in [0.2, 0.25) is 0 Å². The number of carbonyl (C=O) groups excluding carboxylic acids is 2. The predicted molar refractivity (Wildman–Crippen MR) is 95.3 cm³/mol. The first-order valence-corrected chi connectivity index (χ1v) is 9.08. The van der Waals surface area contributed by atoms with E-state index in [1.54, 1.807) is 12.1 Å². The number of anilines is 1. The summed E-state index contributed by atoms with van der Waals surface area (Å²) in [5.41, 5.74) is 1.16. The molecule has 1 unspecified atom stereocenters. The molecule has 0 saturated carbocycles. The van der Waals surface area contributed by atoms with Gasteiger partial charge in [-0.15, -0.1) is 0 Å². The number of fused-ring (bicyclic) bond motifs is 1. The molecule has 2 aliphatic heterocycles. The molecule has 0 aliphatic carbocycles. The zero-order chi connectivity index (χ0) is 17.3. The second-order valence-electron chi connectivity index (χ2n) is 6.16. The van der Waals surface area contributed by atoms with E-state index in [4.69, 9.17) is 11.6 Å². The van der Waals surface area contributed by atoms with Crippen LogP contribution in [0.25, 0.3) is 0 Å². The molecule has 1 amide bonds. The minimum Gasteiger partial charge on any atom is -0.391 e. The van der Waals surface area contributed by atoms with Crippen LogP contribution in [0.5, 0.6) is 0 Å². The van der Waals surface area contributed by atoms with Gasteiger partial charge in [-0.25, -0.2) is 0 Å². The molecule has 2 aliphatic rings. The number of hydrogen-bond donors (Lipinski definition) is 3. The normalized spacial score (nSPS) is 23.6. The van der Waals surface area contributed by atoms with Gasteiger partial charge in [-0.05, 0) is 47.4 Å². The van der Waals surface area contributed by atoms with Crippen LogP contribution < -0.4 is 10.6 Å². The largest absolute Gasteiger partial charge is 0.391 e. The van der Waals surface area contributed by atoms with Crippen LogP contribution in [0.1, 0.15) is 29.6 Å². The molecule has 0 radical (unpaired) electrons. The summed E-state index contributed by atoms with van der Waals surface area (Å²) in [5, 5.41) is 16.7. The Balaban J connectivity index is 1.64. The van der Waals surface area contributed by atoms with Gasteiger partial charge in [0, 0.05) is 22.6 Å². The number of ketones is 1. The van der Waals surface area contributed by atoms with Crippen LogP contribution in [-0.4, -0.2) is 53.6 Å². The van der Waals surface area contributed by atoms with Gasteiger partial charge in [-0.1, -0.05) is 11.6 Å².